The minimum absolute atomic E-state index is 0. The normalized spacial score (nSPS) is 22.6. The SMILES string of the molecule is O=C1CCC(NCc2ccc(N3CCCCCC3)cc2)C(=O)N1.[HH]. The van der Waals surface area contributed by atoms with Gasteiger partial charge in [-0.15, -0.1) is 0 Å². The second-order valence-corrected chi connectivity index (χ2v) is 6.45. The molecule has 1 atom stereocenters. The van der Waals surface area contributed by atoms with E-state index in [1.54, 1.807) is 0 Å². The van der Waals surface area contributed by atoms with Crippen molar-refractivity contribution < 1.29 is 11.0 Å². The fraction of sp³-hybridized carbons (Fsp3) is 0.556. The van der Waals surface area contributed by atoms with Crippen LogP contribution in [0.25, 0.3) is 0 Å². The van der Waals surface area contributed by atoms with Crippen LogP contribution in [-0.2, 0) is 16.1 Å². The van der Waals surface area contributed by atoms with Crippen LogP contribution in [0, 0.1) is 0 Å². The van der Waals surface area contributed by atoms with E-state index in [2.05, 4.69) is 39.8 Å². The monoisotopic (exact) mass is 317 g/mol. The highest BCUT2D eigenvalue weighted by Gasteiger charge is 2.25. The highest BCUT2D eigenvalue weighted by atomic mass is 16.2. The number of nitrogens with zero attached hydrogens (tertiary/aromatic N) is 1. The molecule has 0 saturated carbocycles. The van der Waals surface area contributed by atoms with E-state index < -0.39 is 0 Å². The van der Waals surface area contributed by atoms with Gasteiger partial charge in [0.05, 0.1) is 6.04 Å². The van der Waals surface area contributed by atoms with E-state index in [-0.39, 0.29) is 19.3 Å². The van der Waals surface area contributed by atoms with Gasteiger partial charge in [0.1, 0.15) is 0 Å². The van der Waals surface area contributed by atoms with Gasteiger partial charge in [-0.1, -0.05) is 25.0 Å². The van der Waals surface area contributed by atoms with Gasteiger partial charge < -0.3 is 10.2 Å². The largest absolute Gasteiger partial charge is 0.372 e. The standard InChI is InChI=1S/C18H25N3O2.H2/c22-17-10-9-16(18(23)20-17)19-13-14-5-7-15(8-6-14)21-11-3-1-2-4-12-21;/h5-8,16,19H,1-4,9-13H2,(H,20,22,23);1H. The Hall–Kier alpha value is -1.88. The number of carbonyl (C=O) groups excluding carboxylic acids is 2. The molecule has 0 aliphatic carbocycles. The van der Waals surface area contributed by atoms with Gasteiger partial charge in [0.2, 0.25) is 11.8 Å². The minimum Gasteiger partial charge on any atom is -0.372 e. The molecular formula is C18H27N3O2. The fourth-order valence-electron chi connectivity index (χ4n) is 3.28. The summed E-state index contributed by atoms with van der Waals surface area (Å²) in [4.78, 5) is 25.3. The first-order chi connectivity index (χ1) is 11.2. The molecule has 2 aliphatic heterocycles. The van der Waals surface area contributed by atoms with Crippen LogP contribution >= 0.6 is 0 Å². The summed E-state index contributed by atoms with van der Waals surface area (Å²) in [6.45, 7) is 2.94. The molecule has 0 spiro atoms. The van der Waals surface area contributed by atoms with Crippen molar-refractivity contribution >= 4 is 17.5 Å². The lowest BCUT2D eigenvalue weighted by molar-refractivity contribution is -0.134. The summed E-state index contributed by atoms with van der Waals surface area (Å²) >= 11 is 0. The van der Waals surface area contributed by atoms with E-state index in [4.69, 9.17) is 0 Å². The zero-order chi connectivity index (χ0) is 16.1. The highest BCUT2D eigenvalue weighted by Crippen LogP contribution is 2.20. The Labute approximate surface area is 138 Å². The van der Waals surface area contributed by atoms with Gasteiger partial charge >= 0.3 is 0 Å². The quantitative estimate of drug-likeness (QED) is 0.836. The maximum Gasteiger partial charge on any atom is 0.243 e. The second-order valence-electron chi connectivity index (χ2n) is 6.45. The number of nitrogens with one attached hydrogen (secondary N) is 2. The van der Waals surface area contributed by atoms with Gasteiger partial charge in [-0.05, 0) is 37.0 Å². The number of anilines is 1. The lowest BCUT2D eigenvalue weighted by atomic mass is 10.1. The van der Waals surface area contributed by atoms with Gasteiger partial charge in [-0.2, -0.15) is 0 Å². The molecule has 2 aliphatic rings. The Balaban J connectivity index is 0.00000208. The van der Waals surface area contributed by atoms with Crippen molar-refractivity contribution in [3.8, 4) is 0 Å². The van der Waals surface area contributed by atoms with Crippen LogP contribution in [0.3, 0.4) is 0 Å². The molecule has 5 heteroatoms. The second kappa shape index (κ2) is 7.59. The molecular weight excluding hydrogens is 290 g/mol. The van der Waals surface area contributed by atoms with Gasteiger partial charge in [0.15, 0.2) is 0 Å². The van der Waals surface area contributed by atoms with Crippen LogP contribution in [-0.4, -0.2) is 30.9 Å². The number of benzene rings is 1. The van der Waals surface area contributed by atoms with Gasteiger partial charge in [-0.3, -0.25) is 14.9 Å². The summed E-state index contributed by atoms with van der Waals surface area (Å²) in [7, 11) is 0. The third kappa shape index (κ3) is 4.32. The van der Waals surface area contributed by atoms with Crippen LogP contribution in [0.4, 0.5) is 5.69 Å². The summed E-state index contributed by atoms with van der Waals surface area (Å²) in [5.41, 5.74) is 2.45. The van der Waals surface area contributed by atoms with E-state index in [0.29, 0.717) is 19.4 Å². The Morgan fingerprint density at radius 1 is 1.09 bits per heavy atom. The molecule has 1 aromatic rings. The van der Waals surface area contributed by atoms with Crippen molar-refractivity contribution in [2.75, 3.05) is 18.0 Å². The molecule has 5 nitrogen and oxygen atoms in total. The number of piperidine rings is 1. The summed E-state index contributed by atoms with van der Waals surface area (Å²) in [6.07, 6.45) is 6.22. The summed E-state index contributed by atoms with van der Waals surface area (Å²) < 4.78 is 0. The Kier molecular flexibility index (Phi) is 5.28. The zero-order valence-corrected chi connectivity index (χ0v) is 13.5. The third-order valence-corrected chi connectivity index (χ3v) is 4.70. The summed E-state index contributed by atoms with van der Waals surface area (Å²) in [6, 6.07) is 8.33. The smallest absolute Gasteiger partial charge is 0.243 e. The average Bonchev–Trinajstić information content (AvgIpc) is 2.84. The molecule has 2 amide bonds. The van der Waals surface area contributed by atoms with Crippen molar-refractivity contribution in [1.82, 2.24) is 10.6 Å². The minimum atomic E-state index is -0.266. The van der Waals surface area contributed by atoms with E-state index in [0.717, 1.165) is 18.7 Å². The molecule has 3 rings (SSSR count). The lowest BCUT2D eigenvalue weighted by Gasteiger charge is -2.23. The molecule has 2 heterocycles. The zero-order valence-electron chi connectivity index (χ0n) is 13.5. The average molecular weight is 317 g/mol. The molecule has 23 heavy (non-hydrogen) atoms. The van der Waals surface area contributed by atoms with Crippen molar-refractivity contribution in [1.29, 1.82) is 0 Å². The Bertz CT molecular complexity index is 554. The number of rotatable bonds is 4. The predicted molar refractivity (Wildman–Crippen MR) is 92.2 cm³/mol. The lowest BCUT2D eigenvalue weighted by Crippen LogP contribution is -2.50. The first-order valence-corrected chi connectivity index (χ1v) is 8.63. The van der Waals surface area contributed by atoms with Crippen molar-refractivity contribution in [2.24, 2.45) is 0 Å². The molecule has 2 saturated heterocycles. The van der Waals surface area contributed by atoms with Crippen LogP contribution in [0.15, 0.2) is 24.3 Å². The van der Waals surface area contributed by atoms with Crippen molar-refractivity contribution in [3.05, 3.63) is 29.8 Å². The Morgan fingerprint density at radius 3 is 2.43 bits per heavy atom. The highest BCUT2D eigenvalue weighted by molar-refractivity contribution is 6.00. The maximum absolute atomic E-state index is 11.7. The molecule has 0 radical (unpaired) electrons. The van der Waals surface area contributed by atoms with Gasteiger partial charge in [-0.25, -0.2) is 0 Å². The first-order valence-electron chi connectivity index (χ1n) is 8.63. The maximum atomic E-state index is 11.7. The number of imide groups is 1. The third-order valence-electron chi connectivity index (χ3n) is 4.70. The van der Waals surface area contributed by atoms with E-state index in [9.17, 15) is 9.59 Å². The van der Waals surface area contributed by atoms with Crippen LogP contribution in [0.1, 0.15) is 45.5 Å². The van der Waals surface area contributed by atoms with Gasteiger partial charge in [0.25, 0.3) is 0 Å². The topological polar surface area (TPSA) is 61.4 Å². The van der Waals surface area contributed by atoms with E-state index >= 15 is 0 Å². The number of hydrogen-bond acceptors (Lipinski definition) is 4. The molecule has 0 aromatic heterocycles. The molecule has 2 fully saturated rings. The van der Waals surface area contributed by atoms with Crippen molar-refractivity contribution in [3.63, 3.8) is 0 Å². The molecule has 1 unspecified atom stereocenters. The van der Waals surface area contributed by atoms with E-state index in [1.807, 2.05) is 0 Å². The molecule has 126 valence electrons. The molecule has 0 bridgehead atoms. The van der Waals surface area contributed by atoms with Crippen LogP contribution in [0.2, 0.25) is 0 Å². The Morgan fingerprint density at radius 2 is 1.78 bits per heavy atom. The number of amides is 2. The molecule has 1 aromatic carbocycles. The van der Waals surface area contributed by atoms with Crippen LogP contribution in [0.5, 0.6) is 0 Å². The fourth-order valence-corrected chi connectivity index (χ4v) is 3.28. The number of carbonyl (C=O) groups is 2. The van der Waals surface area contributed by atoms with E-state index in [1.165, 1.54) is 31.4 Å². The molecule has 2 N–H and O–H groups in total. The van der Waals surface area contributed by atoms with Crippen molar-refractivity contribution in [2.45, 2.75) is 51.1 Å². The summed E-state index contributed by atoms with van der Waals surface area (Å²) in [5, 5.41) is 5.62. The van der Waals surface area contributed by atoms with Crippen LogP contribution < -0.4 is 15.5 Å². The van der Waals surface area contributed by atoms with Gasteiger partial charge in [0, 0.05) is 33.2 Å². The first kappa shape index (κ1) is 16.0. The summed E-state index contributed by atoms with van der Waals surface area (Å²) in [5.74, 6) is -0.378. The predicted octanol–water partition coefficient (Wildman–Crippen LogP) is 2.21. The number of hydrogen-bond donors (Lipinski definition) is 2.